The Kier molecular flexibility index (Phi) is 32.4. The fraction of sp³-hybridized carbons (Fsp3) is 0.766. The summed E-state index contributed by atoms with van der Waals surface area (Å²) in [6, 6.07) is -12.9. The summed E-state index contributed by atoms with van der Waals surface area (Å²) in [6.07, 6.45) is 1.55. The van der Waals surface area contributed by atoms with Gasteiger partial charge < -0.3 is 60.3 Å². The van der Waals surface area contributed by atoms with Crippen LogP contribution in [0.4, 0.5) is 0 Å². The maximum Gasteiger partial charge on any atom is 0.303 e. The second-order valence-electron chi connectivity index (χ2n) is 26.7. The zero-order valence-corrected chi connectivity index (χ0v) is 58.1. The predicted octanol–water partition coefficient (Wildman–Crippen LogP) is 3.02. The molecule has 0 saturated carbocycles. The van der Waals surface area contributed by atoms with Crippen LogP contribution in [0.5, 0.6) is 0 Å². The highest BCUT2D eigenvalue weighted by molar-refractivity contribution is 6.00. The van der Waals surface area contributed by atoms with Gasteiger partial charge in [0.15, 0.2) is 5.78 Å². The summed E-state index contributed by atoms with van der Waals surface area (Å²) >= 11 is 0. The van der Waals surface area contributed by atoms with Crippen molar-refractivity contribution < 1.29 is 67.1 Å². The van der Waals surface area contributed by atoms with Crippen LogP contribution >= 0.6 is 0 Å². The lowest BCUT2D eigenvalue weighted by Gasteiger charge is -2.42. The van der Waals surface area contributed by atoms with Gasteiger partial charge in [-0.15, -0.1) is 0 Å². The van der Waals surface area contributed by atoms with E-state index < -0.39 is 162 Å². The lowest BCUT2D eigenvalue weighted by atomic mass is 9.92. The van der Waals surface area contributed by atoms with Crippen LogP contribution in [0.2, 0.25) is 0 Å². The third-order valence-electron chi connectivity index (χ3n) is 16.2. The average molecular weight is 1260 g/mol. The van der Waals surface area contributed by atoms with Crippen LogP contribution in [0.15, 0.2) is 12.2 Å². The predicted molar refractivity (Wildman–Crippen MR) is 338 cm³/mol. The monoisotopic (exact) mass is 1260 g/mol. The van der Waals surface area contributed by atoms with Crippen LogP contribution in [-0.4, -0.2) is 233 Å². The second kappa shape index (κ2) is 36.0. The van der Waals surface area contributed by atoms with Crippen molar-refractivity contribution in [3.8, 4) is 0 Å². The van der Waals surface area contributed by atoms with E-state index in [0.717, 1.165) is 16.7 Å². The molecule has 0 spiro atoms. The van der Waals surface area contributed by atoms with Gasteiger partial charge in [0, 0.05) is 62.2 Å². The number of hydrogen-bond donors (Lipinski definition) is 4. The summed E-state index contributed by atoms with van der Waals surface area (Å²) in [6.45, 7) is 29.4. The largest absolute Gasteiger partial charge is 0.459 e. The minimum atomic E-state index is -1.74. The van der Waals surface area contributed by atoms with Gasteiger partial charge in [-0.3, -0.25) is 62.3 Å². The number of ether oxygens (including phenoxy) is 1. The number of allylic oxidation sites excluding steroid dienone is 1. The van der Waals surface area contributed by atoms with E-state index in [2.05, 4.69) is 21.3 Å². The van der Waals surface area contributed by atoms with Crippen molar-refractivity contribution >= 4 is 76.7 Å². The Morgan fingerprint density at radius 2 is 0.888 bits per heavy atom. The summed E-state index contributed by atoms with van der Waals surface area (Å²) in [5.41, 5.74) is 0. The minimum Gasteiger partial charge on any atom is -0.459 e. The first-order chi connectivity index (χ1) is 41.0. The third kappa shape index (κ3) is 23.1. The van der Waals surface area contributed by atoms with Gasteiger partial charge in [-0.25, -0.2) is 0 Å². The van der Waals surface area contributed by atoms with E-state index in [1.165, 1.54) is 107 Å². The first-order valence-electron chi connectivity index (χ1n) is 31.4. The Balaban J connectivity index is 4.46. The minimum absolute atomic E-state index is 0.0527. The summed E-state index contributed by atoms with van der Waals surface area (Å²) in [7, 11) is 9.67. The Bertz CT molecular complexity index is 2530. The fourth-order valence-electron chi connectivity index (χ4n) is 10.9. The van der Waals surface area contributed by atoms with Gasteiger partial charge in [-0.2, -0.15) is 0 Å². The molecule has 0 aromatic carbocycles. The molecule has 0 bridgehead atoms. The van der Waals surface area contributed by atoms with Gasteiger partial charge >= 0.3 is 5.97 Å². The molecule has 11 amide bonds. The van der Waals surface area contributed by atoms with E-state index >= 15 is 19.2 Å². The Hall–Kier alpha value is -6.95. The summed E-state index contributed by atoms with van der Waals surface area (Å²) < 4.78 is 5.84. The Labute approximate surface area is 530 Å². The van der Waals surface area contributed by atoms with Gasteiger partial charge in [0.05, 0.1) is 6.54 Å². The number of likely N-dealkylation sites (N-methyl/N-ethyl adjacent to an activating group) is 7. The summed E-state index contributed by atoms with van der Waals surface area (Å²) in [5.74, 6) is -12.0. The van der Waals surface area contributed by atoms with Crippen molar-refractivity contribution in [2.45, 2.75) is 223 Å². The molecule has 1 aliphatic rings. The Morgan fingerprint density at radius 1 is 0.472 bits per heavy atom. The van der Waals surface area contributed by atoms with Crippen molar-refractivity contribution in [2.24, 2.45) is 41.4 Å². The number of rotatable bonds is 16. The van der Waals surface area contributed by atoms with Gasteiger partial charge in [0.25, 0.3) is 0 Å². The van der Waals surface area contributed by atoms with Gasteiger partial charge in [-0.05, 0) is 94.5 Å². The molecule has 25 nitrogen and oxygen atoms in total. The first-order valence-corrected chi connectivity index (χ1v) is 31.4. The van der Waals surface area contributed by atoms with E-state index in [-0.39, 0.29) is 61.6 Å². The Morgan fingerprint density at radius 3 is 1.33 bits per heavy atom. The molecule has 1 heterocycles. The molecule has 1 saturated heterocycles. The fourth-order valence-corrected chi connectivity index (χ4v) is 10.9. The molecule has 0 unspecified atom stereocenters. The highest BCUT2D eigenvalue weighted by Gasteiger charge is 2.47. The topological polar surface area (TPSA) is 302 Å². The lowest BCUT2D eigenvalue weighted by molar-refractivity contribution is -0.163. The summed E-state index contributed by atoms with van der Waals surface area (Å²) in [4.78, 5) is 195. The van der Waals surface area contributed by atoms with E-state index in [1.54, 1.807) is 41.5 Å². The van der Waals surface area contributed by atoms with Crippen molar-refractivity contribution in [2.75, 3.05) is 55.9 Å². The van der Waals surface area contributed by atoms with Gasteiger partial charge in [0.2, 0.25) is 65.0 Å². The number of nitrogens with zero attached hydrogens (tertiary/aromatic N) is 7. The molecule has 0 radical (unpaired) electrons. The van der Waals surface area contributed by atoms with Crippen LogP contribution in [0.25, 0.3) is 0 Å². The molecular formula is C64H111N11O14. The number of esters is 1. The quantitative estimate of drug-likeness (QED) is 0.128. The van der Waals surface area contributed by atoms with Crippen molar-refractivity contribution in [3.05, 3.63) is 12.2 Å². The van der Waals surface area contributed by atoms with Crippen molar-refractivity contribution in [3.63, 3.8) is 0 Å². The average Bonchev–Trinajstić information content (AvgIpc) is 2.33. The molecule has 12 atom stereocenters. The number of nitrogens with one attached hydrogen (secondary N) is 4. The molecule has 1 aliphatic heterocycles. The lowest BCUT2D eigenvalue weighted by Crippen LogP contribution is -2.64. The van der Waals surface area contributed by atoms with E-state index in [9.17, 15) is 43.2 Å². The summed E-state index contributed by atoms with van der Waals surface area (Å²) in [5, 5.41) is 10.9. The van der Waals surface area contributed by atoms with Crippen LogP contribution in [0.1, 0.15) is 157 Å². The number of amides is 11. The van der Waals surface area contributed by atoms with Crippen LogP contribution in [0.3, 0.4) is 0 Å². The molecule has 25 heteroatoms. The van der Waals surface area contributed by atoms with Crippen molar-refractivity contribution in [1.29, 1.82) is 0 Å². The molecule has 1 rings (SSSR count). The number of carbonyl (C=O) groups excluding carboxylic acids is 13. The first kappa shape index (κ1) is 80.1. The van der Waals surface area contributed by atoms with Crippen molar-refractivity contribution in [1.82, 2.24) is 55.6 Å². The highest BCUT2D eigenvalue weighted by Crippen LogP contribution is 2.26. The molecule has 89 heavy (non-hydrogen) atoms. The zero-order valence-electron chi connectivity index (χ0n) is 58.1. The molecule has 1 fully saturated rings. The molecule has 0 aromatic heterocycles. The zero-order chi connectivity index (χ0) is 69.1. The van der Waals surface area contributed by atoms with Crippen LogP contribution in [0, 0.1) is 41.4 Å². The standard InChI is InChI=1S/C64H111N11O14/c1-26-45-60(84)69(19)33-50(78)70(20)46(29-34(2)3)57(81)68-51(38(10)11)63(87)71(21)47(30-35(4)5)56(80)65-42(16)55(79)66-43(17)59(83)72(22)48(31-36(6)7)61(85)73(23)49(32-37(8)9)62(86)74(24)52(39(12)13)64(88)75(25)53(58(82)67-45)54(89-44(18)77)40(14)27-28-41(15)76/h27-28,34-40,42-43,45-49,51-54H,26,29-33H2,1-25H3,(H,65,80)(H,66,79)(H,67,82)(H,68,81)/b28-27+/t40-,42+,43-,45+,46+,47+,48+,49+,51+,52+,53+,54-/m1/s1. The molecule has 4 N–H and O–H groups in total. The second-order valence-corrected chi connectivity index (χ2v) is 26.7. The van der Waals surface area contributed by atoms with Gasteiger partial charge in [-0.1, -0.05) is 103 Å². The maximum absolute atomic E-state index is 15.4. The van der Waals surface area contributed by atoms with Crippen LogP contribution in [-0.2, 0) is 67.1 Å². The van der Waals surface area contributed by atoms with E-state index in [4.69, 9.17) is 4.74 Å². The number of carbonyl (C=O) groups is 13. The normalized spacial score (nSPS) is 26.1. The van der Waals surface area contributed by atoms with E-state index in [1.807, 2.05) is 55.4 Å². The molecule has 506 valence electrons. The number of ketones is 1. The highest BCUT2D eigenvalue weighted by atomic mass is 16.5. The van der Waals surface area contributed by atoms with E-state index in [0.29, 0.717) is 0 Å². The molecular weight excluding hydrogens is 1150 g/mol. The maximum atomic E-state index is 15.4. The molecule has 0 aliphatic carbocycles. The van der Waals surface area contributed by atoms with Gasteiger partial charge in [0.1, 0.15) is 66.5 Å². The SMILES string of the molecule is CC[C@@H]1NC(=O)[C@H]([C@H](OC(C)=O)[C@H](C)/C=C/C(C)=O)N(C)C(=O)[C@H](C(C)C)N(C)C(=O)[C@H](CC(C)C)N(C)C(=O)[C@H](CC(C)C)N(C)C(=O)[C@@H](C)NC(=O)[C@H](C)NC(=O)[C@H](CC(C)C)N(C)C(=O)[C@H](C(C)C)NC(=O)[C@H](CC(C)C)N(C)C(=O)CN(C)C1=O. The molecule has 0 aromatic rings. The van der Waals surface area contributed by atoms with Crippen LogP contribution < -0.4 is 21.3 Å². The smallest absolute Gasteiger partial charge is 0.303 e. The number of hydrogen-bond acceptors (Lipinski definition) is 14. The third-order valence-corrected chi connectivity index (χ3v) is 16.2.